The molecular weight excluding hydrogens is 967 g/mol. The standard InChI is InChI=1S/C76H92B2S/c1-7-23-46(24-8-1)53-40-57-56(48-27-11-3-12-28-48)39-52-35-19-21-37-65(52)78-74-61-45-60-58(44-59(61)68(50-31-15-5-16-32-50)63(42-53)71(57)75(74)78)67(49-29-13-4-14-30-49)62-41-54(47-25-9-2-10-26-47)43-64-69(51-33-17-6-18-34-51)72-55-36-20-22-38-66(55)79-76(72)77-73(60)70(62)64/h3,5,9,11-12,15,20-22,25,27-28,31,36-38,43-47,49,51-53,56,58,60,62-63,65,67-69,72-77H,1-2,4,6-8,10,13-14,16-19,23-24,26,29-30,32-35,39-42H2/t47?,52?,53?,56?,58?,60?,62?,63-,65?,67?,68?,69?,72?,73?,74?,75?,76?/m1/s1. The van der Waals surface area contributed by atoms with E-state index in [0.29, 0.717) is 75.9 Å². The lowest BCUT2D eigenvalue weighted by atomic mass is 9.40. The van der Waals surface area contributed by atoms with Crippen molar-refractivity contribution < 1.29 is 0 Å². The van der Waals surface area contributed by atoms with Crippen LogP contribution in [-0.4, -0.2) is 19.1 Å². The van der Waals surface area contributed by atoms with E-state index in [1.165, 1.54) is 174 Å². The van der Waals surface area contributed by atoms with Gasteiger partial charge in [-0.2, -0.15) is 0 Å². The van der Waals surface area contributed by atoms with Crippen molar-refractivity contribution >= 4 is 25.8 Å². The van der Waals surface area contributed by atoms with Crippen molar-refractivity contribution in [1.29, 1.82) is 0 Å². The fourth-order valence-electron chi connectivity index (χ4n) is 23.4. The Bertz CT molecular complexity index is 2970. The summed E-state index contributed by atoms with van der Waals surface area (Å²) in [5.74, 6) is 13.4. The molecule has 1 saturated heterocycles. The third-order valence-electron chi connectivity index (χ3n) is 26.4. The van der Waals surface area contributed by atoms with Gasteiger partial charge >= 0.3 is 0 Å². The van der Waals surface area contributed by atoms with Gasteiger partial charge in [0.15, 0.2) is 6.71 Å². The number of rotatable bonds is 6. The van der Waals surface area contributed by atoms with Crippen LogP contribution in [0.3, 0.4) is 0 Å². The maximum Gasteiger partial charge on any atom is 0.163 e. The number of hydrogen-bond acceptors (Lipinski definition) is 1. The summed E-state index contributed by atoms with van der Waals surface area (Å²) in [4.78, 5) is 1.64. The average Bonchev–Trinajstić information content (AvgIpc) is 3.09. The summed E-state index contributed by atoms with van der Waals surface area (Å²) in [6.45, 7) is 0.780. The van der Waals surface area contributed by atoms with E-state index in [-0.39, 0.29) is 0 Å². The molecule has 17 atom stereocenters. The Morgan fingerprint density at radius 3 is 2.13 bits per heavy atom. The van der Waals surface area contributed by atoms with Crippen molar-refractivity contribution in [3.63, 3.8) is 0 Å². The Morgan fingerprint density at radius 1 is 0.557 bits per heavy atom. The van der Waals surface area contributed by atoms with Crippen molar-refractivity contribution in [2.45, 2.75) is 212 Å². The van der Waals surface area contributed by atoms with E-state index >= 15 is 0 Å². The minimum atomic E-state index is 0.540. The lowest BCUT2D eigenvalue weighted by molar-refractivity contribution is 0.0947. The van der Waals surface area contributed by atoms with Crippen molar-refractivity contribution in [2.75, 3.05) is 0 Å². The number of thioether (sulfide) groups is 1. The molecule has 17 rings (SSSR count). The average molecular weight is 1060 g/mol. The summed E-state index contributed by atoms with van der Waals surface area (Å²) in [6, 6.07) is 22.3. The summed E-state index contributed by atoms with van der Waals surface area (Å²) in [5.41, 5.74) is 19.1. The SMILES string of the molecule is B1C2Sc3ccccc3C2C(C2CCCCC2)C2=C3C1C1C=C4C(=CC1C(C1CCCCC1)C3CC(C1C=CCCC1)=C2)C(C1=CC=CCC1)[C@H]1CC(C2CCCCC2)CC2=C1C1B(C3C=CCCC3CC2c2ccccc2)C41. The highest BCUT2D eigenvalue weighted by molar-refractivity contribution is 8.01. The molecule has 0 N–H and O–H groups in total. The van der Waals surface area contributed by atoms with Crippen LogP contribution in [0.2, 0.25) is 23.3 Å². The first kappa shape index (κ1) is 50.1. The van der Waals surface area contributed by atoms with Crippen LogP contribution >= 0.6 is 11.8 Å². The highest BCUT2D eigenvalue weighted by atomic mass is 32.2. The third kappa shape index (κ3) is 8.38. The van der Waals surface area contributed by atoms with E-state index in [1.807, 2.05) is 33.4 Å². The van der Waals surface area contributed by atoms with E-state index in [0.717, 1.165) is 48.0 Å². The lowest BCUT2D eigenvalue weighted by Crippen LogP contribution is -2.47. The first-order valence-electron chi connectivity index (χ1n) is 34.3. The van der Waals surface area contributed by atoms with Crippen LogP contribution in [0.5, 0.6) is 0 Å². The topological polar surface area (TPSA) is 0 Å². The molecule has 3 heteroatoms. The summed E-state index contributed by atoms with van der Waals surface area (Å²) in [7, 11) is 1.39. The molecule has 79 heavy (non-hydrogen) atoms. The zero-order chi connectivity index (χ0) is 51.7. The maximum absolute atomic E-state index is 3.30. The van der Waals surface area contributed by atoms with Crippen LogP contribution < -0.4 is 0 Å². The summed E-state index contributed by atoms with van der Waals surface area (Å²) in [6.07, 6.45) is 65.0. The Balaban J connectivity index is 0.902. The molecular formula is C76H92B2S. The van der Waals surface area contributed by atoms with Crippen LogP contribution in [0.4, 0.5) is 0 Å². The number of fused-ring (bicyclic) bond motifs is 10. The van der Waals surface area contributed by atoms with Crippen LogP contribution in [0.15, 0.2) is 165 Å². The minimum absolute atomic E-state index is 0.540. The summed E-state index contributed by atoms with van der Waals surface area (Å²) < 4.78 is 0. The Morgan fingerprint density at radius 2 is 1.33 bits per heavy atom. The van der Waals surface area contributed by atoms with Gasteiger partial charge in [-0.15, -0.1) is 11.8 Å². The van der Waals surface area contributed by atoms with Gasteiger partial charge in [0.1, 0.15) is 7.28 Å². The van der Waals surface area contributed by atoms with Gasteiger partial charge in [-0.25, -0.2) is 0 Å². The van der Waals surface area contributed by atoms with Gasteiger partial charge < -0.3 is 0 Å². The first-order chi connectivity index (χ1) is 39.2. The van der Waals surface area contributed by atoms with Gasteiger partial charge in [0.2, 0.25) is 0 Å². The second kappa shape index (κ2) is 20.7. The highest BCUT2D eigenvalue weighted by Crippen LogP contribution is 2.77. The second-order valence-corrected chi connectivity index (χ2v) is 31.1. The third-order valence-corrected chi connectivity index (χ3v) is 27.8. The second-order valence-electron chi connectivity index (χ2n) is 29.8. The molecule has 4 heterocycles. The molecule has 6 fully saturated rings. The molecule has 5 saturated carbocycles. The summed E-state index contributed by atoms with van der Waals surface area (Å²) >= 11 is 2.37. The van der Waals surface area contributed by atoms with Gasteiger partial charge in [-0.3, -0.25) is 0 Å². The minimum Gasteiger partial charge on any atom is -0.130 e. The molecule has 0 spiro atoms. The fraction of sp³-hybridized carbons (Fsp3) is 0.605. The van der Waals surface area contributed by atoms with Gasteiger partial charge in [0.25, 0.3) is 0 Å². The molecule has 408 valence electrons. The first-order valence-corrected chi connectivity index (χ1v) is 35.2. The molecule has 15 aliphatic rings. The smallest absolute Gasteiger partial charge is 0.130 e. The van der Waals surface area contributed by atoms with Crippen molar-refractivity contribution in [1.82, 2.24) is 0 Å². The predicted octanol–water partition coefficient (Wildman–Crippen LogP) is 20.1. The van der Waals surface area contributed by atoms with Gasteiger partial charge in [-0.1, -0.05) is 226 Å². The van der Waals surface area contributed by atoms with Gasteiger partial charge in [-0.05, 0) is 217 Å². The monoisotopic (exact) mass is 1060 g/mol. The van der Waals surface area contributed by atoms with Crippen molar-refractivity contribution in [2.24, 2.45) is 76.9 Å². The molecule has 0 aromatic heterocycles. The molecule has 2 aromatic rings. The zero-order valence-corrected chi connectivity index (χ0v) is 48.9. The molecule has 0 amide bonds. The number of hydrogen-bond donors (Lipinski definition) is 0. The van der Waals surface area contributed by atoms with Crippen molar-refractivity contribution in [3.05, 3.63) is 171 Å². The Labute approximate surface area is 482 Å². The number of allylic oxidation sites excluding steroid dienone is 18. The summed E-state index contributed by atoms with van der Waals surface area (Å²) in [5, 5.41) is 0.676. The molecule has 16 unspecified atom stereocenters. The number of benzene rings is 2. The lowest BCUT2D eigenvalue weighted by Gasteiger charge is -2.55. The highest BCUT2D eigenvalue weighted by Gasteiger charge is 2.68. The van der Waals surface area contributed by atoms with E-state index < -0.39 is 0 Å². The molecule has 0 bridgehead atoms. The predicted molar refractivity (Wildman–Crippen MR) is 335 cm³/mol. The molecule has 4 aliphatic heterocycles. The van der Waals surface area contributed by atoms with Crippen molar-refractivity contribution in [3.8, 4) is 0 Å². The molecule has 0 radical (unpaired) electrons. The van der Waals surface area contributed by atoms with E-state index in [9.17, 15) is 0 Å². The Kier molecular flexibility index (Phi) is 13.1. The van der Waals surface area contributed by atoms with Gasteiger partial charge in [0.05, 0.1) is 0 Å². The van der Waals surface area contributed by atoms with E-state index in [2.05, 4.69) is 138 Å². The molecule has 0 nitrogen and oxygen atoms in total. The maximum atomic E-state index is 3.30. The fourth-order valence-corrected chi connectivity index (χ4v) is 25.0. The van der Waals surface area contributed by atoms with E-state index in [1.54, 1.807) is 16.0 Å². The van der Waals surface area contributed by atoms with Crippen LogP contribution in [0.1, 0.15) is 190 Å². The molecule has 2 aromatic carbocycles. The van der Waals surface area contributed by atoms with Crippen LogP contribution in [0, 0.1) is 76.9 Å². The van der Waals surface area contributed by atoms with Gasteiger partial charge in [0, 0.05) is 16.7 Å². The van der Waals surface area contributed by atoms with Crippen LogP contribution in [-0.2, 0) is 0 Å². The molecule has 11 aliphatic carbocycles. The van der Waals surface area contributed by atoms with Crippen LogP contribution in [0.25, 0.3) is 0 Å². The quantitative estimate of drug-likeness (QED) is 0.205. The normalized spacial score (nSPS) is 41.4. The largest absolute Gasteiger partial charge is 0.163 e. The van der Waals surface area contributed by atoms with E-state index in [4.69, 9.17) is 0 Å². The zero-order valence-electron chi connectivity index (χ0n) is 48.1. The Hall–Kier alpha value is -3.42.